The topological polar surface area (TPSA) is 169 Å². The first-order valence-corrected chi connectivity index (χ1v) is 13.7. The van der Waals surface area contributed by atoms with E-state index in [0.29, 0.717) is 23.4 Å². The molecule has 3 aromatic rings. The number of rotatable bonds is 12. The molecule has 0 aliphatic carbocycles. The first-order chi connectivity index (χ1) is 20.4. The molecule has 0 bridgehead atoms. The summed E-state index contributed by atoms with van der Waals surface area (Å²) in [6.45, 7) is 7.35. The van der Waals surface area contributed by atoms with Gasteiger partial charge in [-0.1, -0.05) is 44.2 Å². The van der Waals surface area contributed by atoms with Gasteiger partial charge in [-0.2, -0.15) is 0 Å². The normalized spacial score (nSPS) is 11.3. The van der Waals surface area contributed by atoms with Crippen LogP contribution in [0.4, 0.5) is 27.5 Å². The van der Waals surface area contributed by atoms with Gasteiger partial charge in [-0.25, -0.2) is 9.59 Å². The van der Waals surface area contributed by atoms with Crippen molar-refractivity contribution >= 4 is 46.6 Å². The maximum absolute atomic E-state index is 13.2. The zero-order valence-corrected chi connectivity index (χ0v) is 24.4. The van der Waals surface area contributed by atoms with Gasteiger partial charge < -0.3 is 26.0 Å². The molecule has 12 heteroatoms. The molecular weight excluding hydrogens is 554 g/mol. The molecule has 1 atom stereocenters. The number of hydrogen-bond donors (Lipinski definition) is 4. The lowest BCUT2D eigenvalue weighted by Crippen LogP contribution is -2.45. The van der Waals surface area contributed by atoms with Gasteiger partial charge in [0.05, 0.1) is 23.5 Å². The highest BCUT2D eigenvalue weighted by Crippen LogP contribution is 2.23. The minimum absolute atomic E-state index is 0.0264. The fraction of sp³-hybridized carbons (Fsp3) is 0.290. The summed E-state index contributed by atoms with van der Waals surface area (Å²) < 4.78 is 4.93. The van der Waals surface area contributed by atoms with E-state index in [2.05, 4.69) is 21.3 Å². The number of anilines is 3. The number of nitrogens with zero attached hydrogens (tertiary/aromatic N) is 1. The van der Waals surface area contributed by atoms with Crippen LogP contribution in [0, 0.1) is 23.0 Å². The fourth-order valence-corrected chi connectivity index (χ4v) is 4.19. The Morgan fingerprint density at radius 3 is 2.23 bits per heavy atom. The Hall–Kier alpha value is -5.26. The monoisotopic (exact) mass is 589 g/mol. The fourth-order valence-electron chi connectivity index (χ4n) is 4.19. The third-order valence-electron chi connectivity index (χ3n) is 6.24. The number of esters is 1. The number of amides is 4. The summed E-state index contributed by atoms with van der Waals surface area (Å²) in [5, 5.41) is 22.2. The van der Waals surface area contributed by atoms with Crippen LogP contribution in [0.1, 0.15) is 48.7 Å². The lowest BCUT2D eigenvalue weighted by Gasteiger charge is -2.20. The predicted molar refractivity (Wildman–Crippen MR) is 163 cm³/mol. The largest absolute Gasteiger partial charge is 0.462 e. The molecule has 4 amide bonds. The molecule has 0 aromatic heterocycles. The van der Waals surface area contributed by atoms with E-state index in [-0.39, 0.29) is 30.2 Å². The zero-order valence-electron chi connectivity index (χ0n) is 24.4. The Bertz CT molecular complexity index is 1490. The predicted octanol–water partition coefficient (Wildman–Crippen LogP) is 5.44. The van der Waals surface area contributed by atoms with Crippen LogP contribution in [0.25, 0.3) is 0 Å². The molecule has 12 nitrogen and oxygen atoms in total. The summed E-state index contributed by atoms with van der Waals surface area (Å²) in [5.74, 6) is -1.73. The summed E-state index contributed by atoms with van der Waals surface area (Å²) in [6.07, 6.45) is 0.275. The van der Waals surface area contributed by atoms with E-state index in [0.717, 1.165) is 17.7 Å². The van der Waals surface area contributed by atoms with Crippen LogP contribution in [0.15, 0.2) is 66.7 Å². The van der Waals surface area contributed by atoms with E-state index in [1.807, 2.05) is 39.0 Å². The van der Waals surface area contributed by atoms with Gasteiger partial charge in [0.15, 0.2) is 0 Å². The third-order valence-corrected chi connectivity index (χ3v) is 6.24. The van der Waals surface area contributed by atoms with Gasteiger partial charge >= 0.3 is 12.0 Å². The molecule has 226 valence electrons. The molecule has 0 spiro atoms. The van der Waals surface area contributed by atoms with Crippen molar-refractivity contribution in [3.63, 3.8) is 0 Å². The summed E-state index contributed by atoms with van der Waals surface area (Å²) in [6, 6.07) is 16.3. The number of aryl methyl sites for hydroxylation is 1. The standard InChI is InChI=1S/C31H35N5O7/c1-5-43-30(39)22-16-24(18-25(17-22)36(41)42)32-29(38)27(14-19(2)3)34-28(37)15-21-10-12-23(13-11-21)33-31(40)35-26-9-7-6-8-20(26)4/h6-13,16-19,27H,5,14-15H2,1-4H3,(H,32,38)(H,34,37)(H2,33,35,40)/t27-/m0/s1. The molecule has 0 heterocycles. The highest BCUT2D eigenvalue weighted by molar-refractivity contribution is 6.01. The quantitative estimate of drug-likeness (QED) is 0.124. The van der Waals surface area contributed by atoms with E-state index < -0.39 is 40.5 Å². The average molecular weight is 590 g/mol. The van der Waals surface area contributed by atoms with Gasteiger partial charge in [-0.3, -0.25) is 19.7 Å². The van der Waals surface area contributed by atoms with Gasteiger partial charge in [0.1, 0.15) is 6.04 Å². The SMILES string of the molecule is CCOC(=O)c1cc(NC(=O)[C@H](CC(C)C)NC(=O)Cc2ccc(NC(=O)Nc3ccccc3C)cc2)cc([N+](=O)[O-])c1. The number of nitrogens with one attached hydrogen (secondary N) is 4. The number of ether oxygens (including phenoxy) is 1. The van der Waals surface area contributed by atoms with E-state index in [9.17, 15) is 29.3 Å². The Kier molecular flexibility index (Phi) is 11.3. The van der Waals surface area contributed by atoms with Crippen molar-refractivity contribution in [2.24, 2.45) is 5.92 Å². The molecule has 3 aromatic carbocycles. The lowest BCUT2D eigenvalue weighted by atomic mass is 10.0. The average Bonchev–Trinajstić information content (AvgIpc) is 2.94. The number of para-hydroxylation sites is 1. The molecule has 4 N–H and O–H groups in total. The Morgan fingerprint density at radius 2 is 1.60 bits per heavy atom. The molecule has 0 saturated carbocycles. The number of hydrogen-bond acceptors (Lipinski definition) is 7. The van der Waals surface area contributed by atoms with Crippen LogP contribution in [0.5, 0.6) is 0 Å². The Balaban J connectivity index is 1.64. The van der Waals surface area contributed by atoms with Crippen molar-refractivity contribution in [2.45, 2.75) is 46.6 Å². The minimum atomic E-state index is -0.941. The maximum Gasteiger partial charge on any atom is 0.338 e. The van der Waals surface area contributed by atoms with Gasteiger partial charge in [0, 0.05) is 29.2 Å². The highest BCUT2D eigenvalue weighted by atomic mass is 16.6. The molecular formula is C31H35N5O7. The van der Waals surface area contributed by atoms with E-state index in [4.69, 9.17) is 4.74 Å². The number of urea groups is 1. The van der Waals surface area contributed by atoms with E-state index in [1.54, 1.807) is 37.3 Å². The number of nitro benzene ring substituents is 1. The molecule has 0 aliphatic rings. The van der Waals surface area contributed by atoms with Crippen molar-refractivity contribution in [2.75, 3.05) is 22.6 Å². The minimum Gasteiger partial charge on any atom is -0.462 e. The second kappa shape index (κ2) is 15.1. The van der Waals surface area contributed by atoms with Gasteiger partial charge in [-0.05, 0) is 61.6 Å². The zero-order chi connectivity index (χ0) is 31.5. The number of nitro groups is 1. The second-order valence-corrected chi connectivity index (χ2v) is 10.3. The molecule has 0 fully saturated rings. The second-order valence-electron chi connectivity index (χ2n) is 10.3. The molecule has 43 heavy (non-hydrogen) atoms. The first-order valence-electron chi connectivity index (χ1n) is 13.7. The van der Waals surface area contributed by atoms with Gasteiger partial charge in [-0.15, -0.1) is 0 Å². The van der Waals surface area contributed by atoms with Crippen molar-refractivity contribution in [1.82, 2.24) is 5.32 Å². The van der Waals surface area contributed by atoms with Crippen LogP contribution in [-0.4, -0.2) is 41.4 Å². The Labute approximate surface area is 249 Å². The van der Waals surface area contributed by atoms with Crippen LogP contribution in [-0.2, 0) is 20.7 Å². The first kappa shape index (κ1) is 32.3. The van der Waals surface area contributed by atoms with Crippen LogP contribution in [0.2, 0.25) is 0 Å². The van der Waals surface area contributed by atoms with E-state index >= 15 is 0 Å². The Morgan fingerprint density at radius 1 is 0.907 bits per heavy atom. The third kappa shape index (κ3) is 9.95. The summed E-state index contributed by atoms with van der Waals surface area (Å²) >= 11 is 0. The van der Waals surface area contributed by atoms with Crippen LogP contribution in [0.3, 0.4) is 0 Å². The maximum atomic E-state index is 13.2. The van der Waals surface area contributed by atoms with E-state index in [1.165, 1.54) is 6.07 Å². The van der Waals surface area contributed by atoms with Gasteiger partial charge in [0.2, 0.25) is 11.8 Å². The van der Waals surface area contributed by atoms with Crippen molar-refractivity contribution < 1.29 is 28.8 Å². The highest BCUT2D eigenvalue weighted by Gasteiger charge is 2.24. The summed E-state index contributed by atoms with van der Waals surface area (Å²) in [4.78, 5) is 61.3. The molecule has 3 rings (SSSR count). The van der Waals surface area contributed by atoms with Crippen molar-refractivity contribution in [3.05, 3.63) is 93.5 Å². The molecule has 0 unspecified atom stereocenters. The number of benzene rings is 3. The number of non-ortho nitro benzene ring substituents is 1. The number of carbonyl (C=O) groups is 4. The van der Waals surface area contributed by atoms with Crippen molar-refractivity contribution in [1.29, 1.82) is 0 Å². The lowest BCUT2D eigenvalue weighted by molar-refractivity contribution is -0.384. The summed E-state index contributed by atoms with van der Waals surface area (Å²) in [5.41, 5.74) is 2.36. The van der Waals surface area contributed by atoms with Gasteiger partial charge in [0.25, 0.3) is 5.69 Å². The van der Waals surface area contributed by atoms with Crippen LogP contribution < -0.4 is 21.3 Å². The van der Waals surface area contributed by atoms with Crippen LogP contribution >= 0.6 is 0 Å². The molecule has 0 radical (unpaired) electrons. The number of carbonyl (C=O) groups excluding carboxylic acids is 4. The molecule has 0 aliphatic heterocycles. The van der Waals surface area contributed by atoms with Crippen molar-refractivity contribution in [3.8, 4) is 0 Å². The molecule has 0 saturated heterocycles. The smallest absolute Gasteiger partial charge is 0.338 e. The summed E-state index contributed by atoms with van der Waals surface area (Å²) in [7, 11) is 0.